The van der Waals surface area contributed by atoms with Gasteiger partial charge >= 0.3 is 0 Å². The predicted octanol–water partition coefficient (Wildman–Crippen LogP) is 3.01. The van der Waals surface area contributed by atoms with Gasteiger partial charge in [0.15, 0.2) is 0 Å². The van der Waals surface area contributed by atoms with Gasteiger partial charge in [0.05, 0.1) is 22.7 Å². The summed E-state index contributed by atoms with van der Waals surface area (Å²) in [7, 11) is 0. The second-order valence-electron chi connectivity index (χ2n) is 4.96. The first-order chi connectivity index (χ1) is 9.08. The molecule has 1 aliphatic rings. The maximum absolute atomic E-state index is 13.4. The van der Waals surface area contributed by atoms with E-state index in [1.54, 1.807) is 6.07 Å². The van der Waals surface area contributed by atoms with Gasteiger partial charge in [-0.05, 0) is 19.4 Å². The van der Waals surface area contributed by atoms with Crippen molar-refractivity contribution >= 4 is 28.6 Å². The van der Waals surface area contributed by atoms with E-state index < -0.39 is 5.82 Å². The number of hydrogen-bond donors (Lipinski definition) is 1. The summed E-state index contributed by atoms with van der Waals surface area (Å²) in [6, 6.07) is 3.05. The molecule has 1 fully saturated rings. The van der Waals surface area contributed by atoms with Gasteiger partial charge in [0.25, 0.3) is 0 Å². The minimum absolute atomic E-state index is 0.0866. The van der Waals surface area contributed by atoms with E-state index in [0.29, 0.717) is 17.4 Å². The Kier molecular flexibility index (Phi) is 3.11. The van der Waals surface area contributed by atoms with Crippen molar-refractivity contribution in [2.24, 2.45) is 5.92 Å². The molecule has 1 saturated heterocycles. The van der Waals surface area contributed by atoms with Crippen molar-refractivity contribution in [2.45, 2.75) is 19.4 Å². The third kappa shape index (κ3) is 2.07. The lowest BCUT2D eigenvalue weighted by molar-refractivity contribution is 0.176. The fourth-order valence-electron chi connectivity index (χ4n) is 2.68. The summed E-state index contributed by atoms with van der Waals surface area (Å²) in [5.74, 6) is 0.301. The Morgan fingerprint density at radius 1 is 1.58 bits per heavy atom. The molecule has 6 heteroatoms. The number of fused-ring (bicyclic) bond motifs is 1. The highest BCUT2D eigenvalue weighted by molar-refractivity contribution is 6.31. The van der Waals surface area contributed by atoms with Crippen molar-refractivity contribution in [3.8, 4) is 0 Å². The van der Waals surface area contributed by atoms with Crippen LogP contribution < -0.4 is 5.73 Å². The second kappa shape index (κ2) is 4.65. The van der Waals surface area contributed by atoms with Gasteiger partial charge in [-0.15, -0.1) is 0 Å². The molecule has 2 unspecified atom stereocenters. The van der Waals surface area contributed by atoms with Gasteiger partial charge in [0.1, 0.15) is 5.82 Å². The van der Waals surface area contributed by atoms with E-state index in [2.05, 4.69) is 11.9 Å². The number of rotatable bonds is 2. The van der Waals surface area contributed by atoms with Gasteiger partial charge < -0.3 is 15.0 Å². The maximum Gasteiger partial charge on any atom is 0.201 e. The quantitative estimate of drug-likeness (QED) is 0.922. The smallest absolute Gasteiger partial charge is 0.201 e. The molecule has 0 amide bonds. The summed E-state index contributed by atoms with van der Waals surface area (Å²) < 4.78 is 20.8. The number of halogens is 2. The molecule has 2 N–H and O–H groups in total. The predicted molar refractivity (Wildman–Crippen MR) is 72.8 cm³/mol. The summed E-state index contributed by atoms with van der Waals surface area (Å²) in [6.07, 6.45) is 0.995. The minimum Gasteiger partial charge on any atom is -0.381 e. The van der Waals surface area contributed by atoms with Crippen LogP contribution in [0, 0.1) is 11.7 Å². The largest absolute Gasteiger partial charge is 0.381 e. The Hall–Kier alpha value is -1.33. The number of imidazole rings is 1. The monoisotopic (exact) mass is 283 g/mol. The van der Waals surface area contributed by atoms with Crippen LogP contribution in [-0.2, 0) is 4.74 Å². The van der Waals surface area contributed by atoms with E-state index >= 15 is 0 Å². The van der Waals surface area contributed by atoms with Gasteiger partial charge in [-0.25, -0.2) is 9.37 Å². The first-order valence-corrected chi connectivity index (χ1v) is 6.66. The highest BCUT2D eigenvalue weighted by atomic mass is 35.5. The standard InChI is InChI=1S/C13H15ClFN3O/c1-7(8-2-3-19-6-8)18-12-4-9(14)10(15)5-11(12)17-13(18)16/h4-5,7-8H,2-3,6H2,1H3,(H2,16,17). The third-order valence-electron chi connectivity index (χ3n) is 3.81. The molecule has 1 aromatic heterocycles. The van der Waals surface area contributed by atoms with Crippen molar-refractivity contribution in [1.29, 1.82) is 0 Å². The van der Waals surface area contributed by atoms with E-state index in [1.165, 1.54) is 6.07 Å². The van der Waals surface area contributed by atoms with Crippen molar-refractivity contribution in [2.75, 3.05) is 18.9 Å². The zero-order valence-electron chi connectivity index (χ0n) is 10.6. The van der Waals surface area contributed by atoms with Crippen LogP contribution >= 0.6 is 11.6 Å². The molecule has 1 aromatic carbocycles. The number of aromatic nitrogens is 2. The van der Waals surface area contributed by atoms with Gasteiger partial charge in [-0.2, -0.15) is 0 Å². The maximum atomic E-state index is 13.4. The topological polar surface area (TPSA) is 53.1 Å². The molecule has 102 valence electrons. The van der Waals surface area contributed by atoms with Crippen LogP contribution in [0.25, 0.3) is 11.0 Å². The highest BCUT2D eigenvalue weighted by Crippen LogP contribution is 2.33. The van der Waals surface area contributed by atoms with Gasteiger partial charge in [-0.1, -0.05) is 11.6 Å². The lowest BCUT2D eigenvalue weighted by Gasteiger charge is -2.21. The molecule has 0 aliphatic carbocycles. The molecule has 0 saturated carbocycles. The molecule has 3 rings (SSSR count). The fourth-order valence-corrected chi connectivity index (χ4v) is 2.84. The lowest BCUT2D eigenvalue weighted by Crippen LogP contribution is -2.18. The summed E-state index contributed by atoms with van der Waals surface area (Å²) in [5.41, 5.74) is 7.27. The fraction of sp³-hybridized carbons (Fsp3) is 0.462. The van der Waals surface area contributed by atoms with Crippen molar-refractivity contribution in [3.63, 3.8) is 0 Å². The summed E-state index contributed by atoms with van der Waals surface area (Å²) >= 11 is 5.85. The number of anilines is 1. The van der Waals surface area contributed by atoms with E-state index in [4.69, 9.17) is 22.1 Å². The van der Waals surface area contributed by atoms with E-state index in [-0.39, 0.29) is 11.1 Å². The number of nitrogen functional groups attached to an aromatic ring is 1. The average Bonchev–Trinajstić information content (AvgIpc) is 2.97. The van der Waals surface area contributed by atoms with Gasteiger partial charge in [0.2, 0.25) is 5.95 Å². The van der Waals surface area contributed by atoms with Gasteiger partial charge in [-0.3, -0.25) is 0 Å². The molecular weight excluding hydrogens is 269 g/mol. The Bertz CT molecular complexity index is 622. The third-order valence-corrected chi connectivity index (χ3v) is 4.10. The zero-order chi connectivity index (χ0) is 13.6. The number of hydrogen-bond acceptors (Lipinski definition) is 3. The van der Waals surface area contributed by atoms with E-state index in [1.807, 2.05) is 4.57 Å². The number of benzene rings is 1. The molecular formula is C13H15ClFN3O. The number of nitrogens with two attached hydrogens (primary N) is 1. The van der Waals surface area contributed by atoms with Crippen LogP contribution in [0.1, 0.15) is 19.4 Å². The molecule has 19 heavy (non-hydrogen) atoms. The molecule has 4 nitrogen and oxygen atoms in total. The zero-order valence-corrected chi connectivity index (χ0v) is 11.3. The van der Waals surface area contributed by atoms with Crippen LogP contribution in [0.15, 0.2) is 12.1 Å². The van der Waals surface area contributed by atoms with Gasteiger partial charge in [0, 0.05) is 24.6 Å². The van der Waals surface area contributed by atoms with Crippen LogP contribution in [0.2, 0.25) is 5.02 Å². The first kappa shape index (κ1) is 12.7. The van der Waals surface area contributed by atoms with Crippen molar-refractivity contribution in [3.05, 3.63) is 23.0 Å². The Morgan fingerprint density at radius 2 is 2.37 bits per heavy atom. The molecule has 0 radical (unpaired) electrons. The number of ether oxygens (including phenoxy) is 1. The van der Waals surface area contributed by atoms with Crippen LogP contribution in [0.5, 0.6) is 0 Å². The Labute approximate surface area is 115 Å². The first-order valence-electron chi connectivity index (χ1n) is 6.28. The normalized spacial score (nSPS) is 21.1. The molecule has 1 aliphatic heterocycles. The minimum atomic E-state index is -0.476. The van der Waals surface area contributed by atoms with Crippen LogP contribution in [0.3, 0.4) is 0 Å². The second-order valence-corrected chi connectivity index (χ2v) is 5.37. The average molecular weight is 284 g/mol. The van der Waals surface area contributed by atoms with Crippen LogP contribution in [-0.4, -0.2) is 22.8 Å². The number of nitrogens with zero attached hydrogens (tertiary/aromatic N) is 2. The lowest BCUT2D eigenvalue weighted by atomic mass is 10.0. The summed E-state index contributed by atoms with van der Waals surface area (Å²) in [6.45, 7) is 3.57. The van der Waals surface area contributed by atoms with Crippen LogP contribution in [0.4, 0.5) is 10.3 Å². The molecule has 2 aromatic rings. The van der Waals surface area contributed by atoms with E-state index in [9.17, 15) is 4.39 Å². The molecule has 0 bridgehead atoms. The van der Waals surface area contributed by atoms with Crippen molar-refractivity contribution < 1.29 is 9.13 Å². The summed E-state index contributed by atoms with van der Waals surface area (Å²) in [5, 5.41) is 0.0866. The Balaban J connectivity index is 2.11. The Morgan fingerprint density at radius 3 is 3.05 bits per heavy atom. The molecule has 2 heterocycles. The molecule has 2 atom stereocenters. The summed E-state index contributed by atoms with van der Waals surface area (Å²) in [4.78, 5) is 4.21. The highest BCUT2D eigenvalue weighted by Gasteiger charge is 2.26. The SMILES string of the molecule is CC(C1CCOC1)n1c(N)nc2cc(F)c(Cl)cc21. The van der Waals surface area contributed by atoms with Crippen molar-refractivity contribution in [1.82, 2.24) is 9.55 Å². The van der Waals surface area contributed by atoms with E-state index in [0.717, 1.165) is 25.2 Å². The molecule has 0 spiro atoms.